The molecule has 1 aromatic heterocycles. The van der Waals surface area contributed by atoms with Gasteiger partial charge in [0.2, 0.25) is 10.0 Å². The zero-order valence-corrected chi connectivity index (χ0v) is 25.3. The van der Waals surface area contributed by atoms with Crippen molar-refractivity contribution in [1.82, 2.24) is 9.62 Å². The summed E-state index contributed by atoms with van der Waals surface area (Å²) in [4.78, 5) is 39.5. The Kier molecular flexibility index (Phi) is 10.9. The summed E-state index contributed by atoms with van der Waals surface area (Å²) in [5.41, 5.74) is 1.93. The van der Waals surface area contributed by atoms with Crippen molar-refractivity contribution in [1.29, 1.82) is 0 Å². The molecule has 0 radical (unpaired) electrons. The summed E-state index contributed by atoms with van der Waals surface area (Å²) in [6.07, 6.45) is 5.34. The van der Waals surface area contributed by atoms with Gasteiger partial charge >= 0.3 is 5.97 Å². The summed E-state index contributed by atoms with van der Waals surface area (Å²) in [6.45, 7) is 3.45. The summed E-state index contributed by atoms with van der Waals surface area (Å²) in [5, 5.41) is 6.81. The summed E-state index contributed by atoms with van der Waals surface area (Å²) in [5.74, 6) is -1.03. The van der Waals surface area contributed by atoms with Crippen LogP contribution in [0.1, 0.15) is 70.2 Å². The van der Waals surface area contributed by atoms with Crippen LogP contribution < -0.4 is 10.6 Å². The number of hydrogen-bond donors (Lipinski definition) is 2. The summed E-state index contributed by atoms with van der Waals surface area (Å²) >= 11 is 1.52. The summed E-state index contributed by atoms with van der Waals surface area (Å²) in [7, 11) is -2.21. The number of Topliss-reactive ketones (excluding diaryl/α,β-unsaturated/α-hetero) is 1. The van der Waals surface area contributed by atoms with Crippen molar-refractivity contribution >= 4 is 44.0 Å². The van der Waals surface area contributed by atoms with E-state index < -0.39 is 10.0 Å². The highest BCUT2D eigenvalue weighted by molar-refractivity contribution is 7.89. The molecule has 2 aromatic rings. The second-order valence-electron chi connectivity index (χ2n) is 10.3. The fourth-order valence-corrected chi connectivity index (χ4v) is 8.07. The molecule has 0 bridgehead atoms. The van der Waals surface area contributed by atoms with E-state index >= 15 is 0 Å². The molecule has 2 aliphatic rings. The number of piperidine rings is 1. The largest absolute Gasteiger partial charge is 0.466 e. The van der Waals surface area contributed by atoms with Crippen LogP contribution in [0.15, 0.2) is 29.2 Å². The molecule has 0 unspecified atom stereocenters. The number of nitrogens with zero attached hydrogens (tertiary/aromatic N) is 1. The van der Waals surface area contributed by atoms with E-state index in [1.165, 1.54) is 32.7 Å². The molecule has 0 atom stereocenters. The van der Waals surface area contributed by atoms with Crippen molar-refractivity contribution in [3.05, 3.63) is 45.8 Å². The number of carbonyl (C=O) groups is 3. The number of fused-ring (bicyclic) bond motifs is 1. The highest BCUT2D eigenvalue weighted by atomic mass is 32.2. The van der Waals surface area contributed by atoms with Crippen LogP contribution in [0.4, 0.5) is 5.00 Å². The Labute approximate surface area is 245 Å². The third-order valence-corrected chi connectivity index (χ3v) is 10.6. The second kappa shape index (κ2) is 14.4. The number of carbonyl (C=O) groups excluding carboxylic acids is 3. The van der Waals surface area contributed by atoms with E-state index in [9.17, 15) is 22.8 Å². The van der Waals surface area contributed by atoms with Crippen molar-refractivity contribution in [2.45, 2.75) is 56.8 Å². The minimum atomic E-state index is -3.83. The van der Waals surface area contributed by atoms with Crippen molar-refractivity contribution in [2.75, 3.05) is 51.8 Å². The molecule has 2 N–H and O–H groups in total. The number of methoxy groups -OCH3 is 1. The maximum atomic E-state index is 13.3. The van der Waals surface area contributed by atoms with Gasteiger partial charge in [0.25, 0.3) is 5.91 Å². The molecule has 1 fully saturated rings. The number of sulfonamides is 1. The first-order valence-corrected chi connectivity index (χ1v) is 16.5. The summed E-state index contributed by atoms with van der Waals surface area (Å²) < 4.78 is 38.2. The van der Waals surface area contributed by atoms with E-state index in [1.807, 2.05) is 0 Å². The van der Waals surface area contributed by atoms with E-state index in [4.69, 9.17) is 9.47 Å². The minimum Gasteiger partial charge on any atom is -0.466 e. The van der Waals surface area contributed by atoms with Crippen LogP contribution in [0, 0.1) is 5.92 Å². The topological polar surface area (TPSA) is 131 Å². The van der Waals surface area contributed by atoms with E-state index in [2.05, 4.69) is 10.6 Å². The minimum absolute atomic E-state index is 0.0423. The third kappa shape index (κ3) is 7.54. The van der Waals surface area contributed by atoms with Gasteiger partial charge in [-0.15, -0.1) is 11.3 Å². The van der Waals surface area contributed by atoms with Crippen LogP contribution in [0.3, 0.4) is 0 Å². The molecule has 1 saturated heterocycles. The average Bonchev–Trinajstić information content (AvgIpc) is 3.37. The van der Waals surface area contributed by atoms with Gasteiger partial charge in [-0.05, 0) is 69.6 Å². The molecule has 224 valence electrons. The van der Waals surface area contributed by atoms with Gasteiger partial charge in [-0.2, -0.15) is 4.31 Å². The van der Waals surface area contributed by atoms with Gasteiger partial charge in [0.1, 0.15) is 5.00 Å². The van der Waals surface area contributed by atoms with E-state index in [-0.39, 0.29) is 53.7 Å². The molecule has 1 aliphatic heterocycles. The Balaban J connectivity index is 1.43. The van der Waals surface area contributed by atoms with E-state index in [0.29, 0.717) is 49.6 Å². The van der Waals surface area contributed by atoms with Crippen LogP contribution in [0.25, 0.3) is 0 Å². The van der Waals surface area contributed by atoms with Gasteiger partial charge in [0.15, 0.2) is 5.78 Å². The van der Waals surface area contributed by atoms with Crippen molar-refractivity contribution in [2.24, 2.45) is 5.92 Å². The Hall–Kier alpha value is -2.80. The zero-order valence-electron chi connectivity index (χ0n) is 23.7. The van der Waals surface area contributed by atoms with Crippen molar-refractivity contribution in [3.8, 4) is 0 Å². The highest BCUT2D eigenvalue weighted by Gasteiger charge is 2.33. The van der Waals surface area contributed by atoms with Gasteiger partial charge in [-0.3, -0.25) is 14.4 Å². The lowest BCUT2D eigenvalue weighted by molar-refractivity contribution is -0.149. The second-order valence-corrected chi connectivity index (χ2v) is 13.3. The van der Waals surface area contributed by atoms with Crippen molar-refractivity contribution < 1.29 is 32.3 Å². The molecule has 41 heavy (non-hydrogen) atoms. The fraction of sp³-hybridized carbons (Fsp3) is 0.552. The van der Waals surface area contributed by atoms with Gasteiger partial charge in [0, 0.05) is 43.8 Å². The predicted octanol–water partition coefficient (Wildman–Crippen LogP) is 3.65. The Morgan fingerprint density at radius 1 is 1.12 bits per heavy atom. The Bertz CT molecular complexity index is 1350. The van der Waals surface area contributed by atoms with Crippen LogP contribution >= 0.6 is 11.3 Å². The van der Waals surface area contributed by atoms with Gasteiger partial charge in [0.05, 0.1) is 29.5 Å². The molecule has 2 heterocycles. The SMILES string of the molecule is CCOC(=O)C1CCN(S(=O)(=O)c2cccc(C(=O)CNc3sc4c(c3C(=O)NCCCOC)CCCC4)c2)CC1. The lowest BCUT2D eigenvalue weighted by Crippen LogP contribution is -2.40. The van der Waals surface area contributed by atoms with Gasteiger partial charge < -0.3 is 20.1 Å². The number of amides is 1. The third-order valence-electron chi connectivity index (χ3n) is 7.49. The maximum absolute atomic E-state index is 13.3. The average molecular weight is 606 g/mol. The van der Waals surface area contributed by atoms with Crippen LogP contribution in [0.5, 0.6) is 0 Å². The molecule has 1 amide bonds. The monoisotopic (exact) mass is 605 g/mol. The van der Waals surface area contributed by atoms with Crippen LogP contribution in [0.2, 0.25) is 0 Å². The molecule has 12 heteroatoms. The Morgan fingerprint density at radius 2 is 1.88 bits per heavy atom. The van der Waals surface area contributed by atoms with E-state index in [1.54, 1.807) is 26.2 Å². The van der Waals surface area contributed by atoms with Gasteiger partial charge in [-0.1, -0.05) is 12.1 Å². The number of aryl methyl sites for hydroxylation is 1. The lowest BCUT2D eigenvalue weighted by atomic mass is 9.95. The number of ketones is 1. The first-order valence-electron chi connectivity index (χ1n) is 14.2. The number of nitrogens with one attached hydrogen (secondary N) is 2. The first-order chi connectivity index (χ1) is 19.8. The van der Waals surface area contributed by atoms with E-state index in [0.717, 1.165) is 31.2 Å². The quantitative estimate of drug-likeness (QED) is 0.201. The molecule has 0 saturated carbocycles. The zero-order chi connectivity index (χ0) is 29.4. The number of thiophene rings is 1. The maximum Gasteiger partial charge on any atom is 0.309 e. The number of ether oxygens (including phenoxy) is 2. The first kappa shape index (κ1) is 31.1. The predicted molar refractivity (Wildman–Crippen MR) is 157 cm³/mol. The molecular formula is C29H39N3O7S2. The molecule has 0 spiro atoms. The molecule has 10 nitrogen and oxygen atoms in total. The molecule has 4 rings (SSSR count). The van der Waals surface area contributed by atoms with Crippen LogP contribution in [-0.2, 0) is 37.1 Å². The normalized spacial score (nSPS) is 16.1. The highest BCUT2D eigenvalue weighted by Crippen LogP contribution is 2.38. The number of hydrogen-bond acceptors (Lipinski definition) is 9. The molecule has 1 aliphatic carbocycles. The standard InChI is InChI=1S/C29H39N3O7S2/c1-3-39-29(35)20-12-15-32(16-13-20)41(36,37)22-9-6-8-21(18-22)24(33)19-31-28-26(27(34)30-14-7-17-38-2)23-10-4-5-11-25(23)40-28/h6,8-9,18,20,31H,3-5,7,10-17,19H2,1-2H3,(H,30,34). The fourth-order valence-electron chi connectivity index (χ4n) is 5.27. The summed E-state index contributed by atoms with van der Waals surface area (Å²) in [6, 6.07) is 6.04. The number of anilines is 1. The number of benzene rings is 1. The Morgan fingerprint density at radius 3 is 2.61 bits per heavy atom. The number of rotatable bonds is 13. The molecular weight excluding hydrogens is 566 g/mol. The smallest absolute Gasteiger partial charge is 0.309 e. The van der Waals surface area contributed by atoms with Crippen molar-refractivity contribution in [3.63, 3.8) is 0 Å². The lowest BCUT2D eigenvalue weighted by Gasteiger charge is -2.30. The molecule has 1 aromatic carbocycles. The van der Waals surface area contributed by atoms with Gasteiger partial charge in [-0.25, -0.2) is 8.42 Å². The number of esters is 1. The van der Waals surface area contributed by atoms with Crippen LogP contribution in [-0.4, -0.2) is 76.9 Å².